The molecule has 0 saturated carbocycles. The van der Waals surface area contributed by atoms with Crippen LogP contribution >= 0.6 is 15.9 Å². The molecule has 0 spiro atoms. The maximum Gasteiger partial charge on any atom is 0.132 e. The van der Waals surface area contributed by atoms with Crippen molar-refractivity contribution in [3.05, 3.63) is 64.5 Å². The van der Waals surface area contributed by atoms with Crippen LogP contribution < -0.4 is 5.73 Å². The lowest BCUT2D eigenvalue weighted by Gasteiger charge is -2.09. The molecule has 1 aromatic heterocycles. The standard InChI is InChI=1S/C15H12BrFN2/c16-15-10(3-1-5-13(15)18)9-19-8-7-11-12(17)4-2-6-14(11)19/h1-8H,9,18H2. The molecular formula is C15H12BrFN2. The summed E-state index contributed by atoms with van der Waals surface area (Å²) in [6.45, 7) is 0.651. The largest absolute Gasteiger partial charge is 0.398 e. The topological polar surface area (TPSA) is 30.9 Å². The number of aromatic nitrogens is 1. The Morgan fingerprint density at radius 3 is 2.74 bits per heavy atom. The van der Waals surface area contributed by atoms with Crippen molar-refractivity contribution in [1.82, 2.24) is 4.57 Å². The average Bonchev–Trinajstić information content (AvgIpc) is 2.80. The third kappa shape index (κ3) is 2.12. The fraction of sp³-hybridized carbons (Fsp3) is 0.0667. The number of nitrogen functional groups attached to an aromatic ring is 1. The van der Waals surface area contributed by atoms with E-state index in [2.05, 4.69) is 15.9 Å². The zero-order chi connectivity index (χ0) is 13.4. The second kappa shape index (κ2) is 4.70. The van der Waals surface area contributed by atoms with Gasteiger partial charge in [-0.2, -0.15) is 0 Å². The van der Waals surface area contributed by atoms with Gasteiger partial charge in [-0.1, -0.05) is 18.2 Å². The van der Waals surface area contributed by atoms with Gasteiger partial charge in [-0.3, -0.25) is 0 Å². The first-order valence-corrected chi connectivity index (χ1v) is 6.72. The normalized spacial score (nSPS) is 11.1. The van der Waals surface area contributed by atoms with Crippen LogP contribution in [-0.4, -0.2) is 4.57 Å². The Morgan fingerprint density at radius 1 is 1.11 bits per heavy atom. The van der Waals surface area contributed by atoms with Crippen LogP contribution in [0.15, 0.2) is 53.1 Å². The second-order valence-electron chi connectivity index (χ2n) is 4.44. The third-order valence-corrected chi connectivity index (χ3v) is 4.18. The fourth-order valence-corrected chi connectivity index (χ4v) is 2.62. The van der Waals surface area contributed by atoms with Crippen molar-refractivity contribution in [2.45, 2.75) is 6.54 Å². The van der Waals surface area contributed by atoms with Crippen molar-refractivity contribution < 1.29 is 4.39 Å². The van der Waals surface area contributed by atoms with E-state index in [4.69, 9.17) is 5.73 Å². The van der Waals surface area contributed by atoms with Crippen LogP contribution in [0.4, 0.5) is 10.1 Å². The Morgan fingerprint density at radius 2 is 1.89 bits per heavy atom. The summed E-state index contributed by atoms with van der Waals surface area (Å²) in [6.07, 6.45) is 1.89. The van der Waals surface area contributed by atoms with Crippen LogP contribution in [0, 0.1) is 5.82 Å². The maximum atomic E-state index is 13.6. The average molecular weight is 319 g/mol. The van der Waals surface area contributed by atoms with E-state index in [0.29, 0.717) is 17.6 Å². The van der Waals surface area contributed by atoms with Gasteiger partial charge in [-0.25, -0.2) is 4.39 Å². The van der Waals surface area contributed by atoms with Gasteiger partial charge in [-0.05, 0) is 45.8 Å². The summed E-state index contributed by atoms with van der Waals surface area (Å²) in [4.78, 5) is 0. The second-order valence-corrected chi connectivity index (χ2v) is 5.23. The lowest BCUT2D eigenvalue weighted by molar-refractivity contribution is 0.639. The number of benzene rings is 2. The number of halogens is 2. The van der Waals surface area contributed by atoms with Gasteiger partial charge in [0, 0.05) is 28.3 Å². The molecule has 19 heavy (non-hydrogen) atoms. The molecule has 3 aromatic rings. The summed E-state index contributed by atoms with van der Waals surface area (Å²) in [6, 6.07) is 12.7. The zero-order valence-electron chi connectivity index (χ0n) is 10.1. The van der Waals surface area contributed by atoms with Gasteiger partial charge in [0.1, 0.15) is 5.82 Å². The first kappa shape index (κ1) is 12.2. The number of nitrogens with zero attached hydrogens (tertiary/aromatic N) is 1. The number of nitrogens with two attached hydrogens (primary N) is 1. The highest BCUT2D eigenvalue weighted by molar-refractivity contribution is 9.10. The van der Waals surface area contributed by atoms with Crippen molar-refractivity contribution in [3.63, 3.8) is 0 Å². The molecule has 1 heterocycles. The smallest absolute Gasteiger partial charge is 0.132 e. The first-order chi connectivity index (χ1) is 9.16. The van der Waals surface area contributed by atoms with Gasteiger partial charge in [0.25, 0.3) is 0 Å². The monoisotopic (exact) mass is 318 g/mol. The molecule has 2 aromatic carbocycles. The molecule has 4 heteroatoms. The molecule has 0 aliphatic rings. The van der Waals surface area contributed by atoms with Crippen LogP contribution in [0.3, 0.4) is 0 Å². The van der Waals surface area contributed by atoms with Gasteiger partial charge in [0.15, 0.2) is 0 Å². The van der Waals surface area contributed by atoms with E-state index in [-0.39, 0.29) is 5.82 Å². The van der Waals surface area contributed by atoms with Crippen LogP contribution in [-0.2, 0) is 6.54 Å². The molecule has 0 fully saturated rings. The number of fused-ring (bicyclic) bond motifs is 1. The third-order valence-electron chi connectivity index (χ3n) is 3.21. The van der Waals surface area contributed by atoms with E-state index < -0.39 is 0 Å². The summed E-state index contributed by atoms with van der Waals surface area (Å²) in [5.41, 5.74) is 8.53. The molecule has 2 N–H and O–H groups in total. The summed E-state index contributed by atoms with van der Waals surface area (Å²) >= 11 is 3.49. The number of anilines is 1. The van der Waals surface area contributed by atoms with Crippen molar-refractivity contribution in [3.8, 4) is 0 Å². The van der Waals surface area contributed by atoms with E-state index in [1.165, 1.54) is 6.07 Å². The van der Waals surface area contributed by atoms with Gasteiger partial charge < -0.3 is 10.3 Å². The molecule has 0 saturated heterocycles. The molecule has 2 nitrogen and oxygen atoms in total. The van der Waals surface area contributed by atoms with E-state index in [0.717, 1.165) is 15.6 Å². The van der Waals surface area contributed by atoms with Crippen LogP contribution in [0.5, 0.6) is 0 Å². The van der Waals surface area contributed by atoms with Crippen molar-refractivity contribution >= 4 is 32.5 Å². The Kier molecular flexibility index (Phi) is 3.03. The maximum absolute atomic E-state index is 13.6. The number of rotatable bonds is 2. The Balaban J connectivity index is 2.07. The molecule has 0 amide bonds. The van der Waals surface area contributed by atoms with E-state index in [1.807, 2.05) is 35.0 Å². The number of hydrogen-bond donors (Lipinski definition) is 1. The summed E-state index contributed by atoms with van der Waals surface area (Å²) in [5, 5.41) is 0.641. The Bertz CT molecular complexity index is 749. The molecule has 0 atom stereocenters. The molecule has 0 unspecified atom stereocenters. The predicted molar refractivity (Wildman–Crippen MR) is 79.6 cm³/mol. The highest BCUT2D eigenvalue weighted by atomic mass is 79.9. The first-order valence-electron chi connectivity index (χ1n) is 5.93. The van der Waals surface area contributed by atoms with Crippen LogP contribution in [0.25, 0.3) is 10.9 Å². The van der Waals surface area contributed by atoms with E-state index in [1.54, 1.807) is 12.1 Å². The summed E-state index contributed by atoms with van der Waals surface area (Å²) < 4.78 is 16.5. The van der Waals surface area contributed by atoms with Gasteiger partial charge in [0.05, 0.1) is 5.52 Å². The molecule has 0 aliphatic heterocycles. The minimum Gasteiger partial charge on any atom is -0.398 e. The Labute approximate surface area is 118 Å². The van der Waals surface area contributed by atoms with E-state index in [9.17, 15) is 4.39 Å². The SMILES string of the molecule is Nc1cccc(Cn2ccc3c(F)cccc32)c1Br. The Hall–Kier alpha value is -1.81. The highest BCUT2D eigenvalue weighted by Gasteiger charge is 2.08. The summed E-state index contributed by atoms with van der Waals surface area (Å²) in [7, 11) is 0. The minimum atomic E-state index is -0.192. The van der Waals surface area contributed by atoms with Crippen LogP contribution in [0.1, 0.15) is 5.56 Å². The number of hydrogen-bond acceptors (Lipinski definition) is 1. The van der Waals surface area contributed by atoms with Crippen LogP contribution in [0.2, 0.25) is 0 Å². The minimum absolute atomic E-state index is 0.192. The van der Waals surface area contributed by atoms with Gasteiger partial charge >= 0.3 is 0 Å². The zero-order valence-corrected chi connectivity index (χ0v) is 11.7. The molecule has 0 aliphatic carbocycles. The lowest BCUT2D eigenvalue weighted by atomic mass is 10.2. The van der Waals surface area contributed by atoms with Gasteiger partial charge in [-0.15, -0.1) is 0 Å². The molecule has 3 rings (SSSR count). The molecular weight excluding hydrogens is 307 g/mol. The highest BCUT2D eigenvalue weighted by Crippen LogP contribution is 2.26. The summed E-state index contributed by atoms with van der Waals surface area (Å²) in [5.74, 6) is -0.192. The predicted octanol–water partition coefficient (Wildman–Crippen LogP) is 4.17. The van der Waals surface area contributed by atoms with Gasteiger partial charge in [0.2, 0.25) is 0 Å². The fourth-order valence-electron chi connectivity index (χ4n) is 2.23. The van der Waals surface area contributed by atoms with Crippen molar-refractivity contribution in [2.24, 2.45) is 0 Å². The molecule has 0 bridgehead atoms. The van der Waals surface area contributed by atoms with Crippen molar-refractivity contribution in [1.29, 1.82) is 0 Å². The quantitative estimate of drug-likeness (QED) is 0.706. The molecule has 0 radical (unpaired) electrons. The van der Waals surface area contributed by atoms with Crippen molar-refractivity contribution in [2.75, 3.05) is 5.73 Å². The van der Waals surface area contributed by atoms with E-state index >= 15 is 0 Å². The molecule has 96 valence electrons. The lowest BCUT2D eigenvalue weighted by Crippen LogP contribution is -2.00.